The summed E-state index contributed by atoms with van der Waals surface area (Å²) in [6.45, 7) is 2.15. The van der Waals surface area contributed by atoms with Gasteiger partial charge < -0.3 is 9.64 Å². The maximum Gasteiger partial charge on any atom is 0.410 e. The van der Waals surface area contributed by atoms with Crippen molar-refractivity contribution in [2.75, 3.05) is 13.1 Å². The third-order valence-corrected chi connectivity index (χ3v) is 3.10. The zero-order valence-corrected chi connectivity index (χ0v) is 10.8. The molecule has 4 nitrogen and oxygen atoms in total. The Labute approximate surface area is 111 Å². The first kappa shape index (κ1) is 13.5. The van der Waals surface area contributed by atoms with Crippen molar-refractivity contribution in [2.24, 2.45) is 0 Å². The van der Waals surface area contributed by atoms with Gasteiger partial charge in [0, 0.05) is 13.0 Å². The van der Waals surface area contributed by atoms with Crippen molar-refractivity contribution >= 4 is 11.9 Å². The molecule has 19 heavy (non-hydrogen) atoms. The lowest BCUT2D eigenvalue weighted by Gasteiger charge is -2.27. The van der Waals surface area contributed by atoms with E-state index in [0.29, 0.717) is 0 Å². The number of nitrogens with zero attached hydrogens (tertiary/aromatic N) is 1. The van der Waals surface area contributed by atoms with Crippen LogP contribution in [0.25, 0.3) is 0 Å². The zero-order chi connectivity index (χ0) is 13.8. The third-order valence-electron chi connectivity index (χ3n) is 3.10. The number of carbonyl (C=O) groups is 2. The summed E-state index contributed by atoms with van der Waals surface area (Å²) in [5.41, 5.74) is 2.01. The summed E-state index contributed by atoms with van der Waals surface area (Å²) in [4.78, 5) is 24.0. The Balaban J connectivity index is 1.84. The van der Waals surface area contributed by atoms with Crippen LogP contribution in [-0.4, -0.2) is 36.0 Å². The molecule has 1 saturated heterocycles. The maximum atomic E-state index is 13.2. The molecule has 0 aliphatic carbocycles. The van der Waals surface area contributed by atoms with Crippen molar-refractivity contribution in [3.63, 3.8) is 0 Å². The van der Waals surface area contributed by atoms with E-state index >= 15 is 0 Å². The minimum absolute atomic E-state index is 0.0563. The number of aryl methyl sites for hydroxylation is 1. The van der Waals surface area contributed by atoms with Gasteiger partial charge >= 0.3 is 6.09 Å². The molecule has 1 aliphatic heterocycles. The SMILES string of the molecule is Cc1ccc(COC(=O)N2CCC(=O)C(F)C2)cc1. The fourth-order valence-corrected chi connectivity index (χ4v) is 1.87. The van der Waals surface area contributed by atoms with Crippen molar-refractivity contribution in [3.8, 4) is 0 Å². The molecular weight excluding hydrogens is 249 g/mol. The summed E-state index contributed by atoms with van der Waals surface area (Å²) in [7, 11) is 0. The minimum Gasteiger partial charge on any atom is -0.445 e. The molecule has 0 N–H and O–H groups in total. The fraction of sp³-hybridized carbons (Fsp3) is 0.429. The fourth-order valence-electron chi connectivity index (χ4n) is 1.87. The number of likely N-dealkylation sites (tertiary alicyclic amines) is 1. The van der Waals surface area contributed by atoms with Gasteiger partial charge in [-0.15, -0.1) is 0 Å². The van der Waals surface area contributed by atoms with Crippen LogP contribution in [0.5, 0.6) is 0 Å². The van der Waals surface area contributed by atoms with Gasteiger partial charge in [0.2, 0.25) is 0 Å². The summed E-state index contributed by atoms with van der Waals surface area (Å²) in [5.74, 6) is -0.442. The normalized spacial score (nSPS) is 19.4. The molecule has 1 aromatic carbocycles. The highest BCUT2D eigenvalue weighted by atomic mass is 19.1. The molecule has 102 valence electrons. The van der Waals surface area contributed by atoms with Gasteiger partial charge in [0.1, 0.15) is 6.61 Å². The van der Waals surface area contributed by atoms with Crippen molar-refractivity contribution in [3.05, 3.63) is 35.4 Å². The number of hydrogen-bond acceptors (Lipinski definition) is 3. The van der Waals surface area contributed by atoms with Gasteiger partial charge in [-0.25, -0.2) is 9.18 Å². The topological polar surface area (TPSA) is 46.6 Å². The average molecular weight is 265 g/mol. The number of benzene rings is 1. The van der Waals surface area contributed by atoms with E-state index in [9.17, 15) is 14.0 Å². The van der Waals surface area contributed by atoms with E-state index < -0.39 is 18.0 Å². The highest BCUT2D eigenvalue weighted by molar-refractivity contribution is 5.85. The van der Waals surface area contributed by atoms with Gasteiger partial charge in [-0.1, -0.05) is 29.8 Å². The van der Waals surface area contributed by atoms with E-state index in [4.69, 9.17) is 4.74 Å². The minimum atomic E-state index is -1.58. The largest absolute Gasteiger partial charge is 0.445 e. The number of hydrogen-bond donors (Lipinski definition) is 0. The molecular formula is C14H16FNO3. The monoisotopic (exact) mass is 265 g/mol. The number of amides is 1. The van der Waals surface area contributed by atoms with Crippen LogP contribution >= 0.6 is 0 Å². The van der Waals surface area contributed by atoms with E-state index in [1.807, 2.05) is 31.2 Å². The summed E-state index contributed by atoms with van der Waals surface area (Å²) >= 11 is 0. The summed E-state index contributed by atoms with van der Waals surface area (Å²) in [6, 6.07) is 7.61. The van der Waals surface area contributed by atoms with Crippen LogP contribution in [0.1, 0.15) is 17.5 Å². The van der Waals surface area contributed by atoms with Crippen molar-refractivity contribution in [1.82, 2.24) is 4.90 Å². The molecule has 0 spiro atoms. The zero-order valence-electron chi connectivity index (χ0n) is 10.8. The van der Waals surface area contributed by atoms with E-state index in [-0.39, 0.29) is 26.1 Å². The first-order valence-electron chi connectivity index (χ1n) is 6.20. The lowest BCUT2D eigenvalue weighted by Crippen LogP contribution is -2.45. The molecule has 1 aliphatic rings. The second-order valence-corrected chi connectivity index (χ2v) is 4.67. The first-order valence-corrected chi connectivity index (χ1v) is 6.20. The van der Waals surface area contributed by atoms with Crippen molar-refractivity contribution in [2.45, 2.75) is 26.1 Å². The number of alkyl halides is 1. The Morgan fingerprint density at radius 3 is 2.74 bits per heavy atom. The summed E-state index contributed by atoms with van der Waals surface area (Å²) in [5, 5.41) is 0. The van der Waals surface area contributed by atoms with Crippen LogP contribution in [-0.2, 0) is 16.1 Å². The van der Waals surface area contributed by atoms with Gasteiger partial charge in [0.25, 0.3) is 0 Å². The molecule has 2 rings (SSSR count). The van der Waals surface area contributed by atoms with Crippen LogP contribution in [0, 0.1) is 6.92 Å². The second-order valence-electron chi connectivity index (χ2n) is 4.67. The van der Waals surface area contributed by atoms with Gasteiger partial charge in [-0.05, 0) is 12.5 Å². The lowest BCUT2D eigenvalue weighted by molar-refractivity contribution is -0.126. The lowest BCUT2D eigenvalue weighted by atomic mass is 10.1. The smallest absolute Gasteiger partial charge is 0.410 e. The molecule has 0 bridgehead atoms. The molecule has 1 unspecified atom stereocenters. The maximum absolute atomic E-state index is 13.2. The summed E-state index contributed by atoms with van der Waals surface area (Å²) < 4.78 is 18.3. The predicted molar refractivity (Wildman–Crippen MR) is 67.5 cm³/mol. The highest BCUT2D eigenvalue weighted by Gasteiger charge is 2.30. The van der Waals surface area contributed by atoms with E-state index in [0.717, 1.165) is 11.1 Å². The van der Waals surface area contributed by atoms with Crippen LogP contribution in [0.4, 0.5) is 9.18 Å². The van der Waals surface area contributed by atoms with Crippen LogP contribution in [0.2, 0.25) is 0 Å². The van der Waals surface area contributed by atoms with Gasteiger partial charge in [-0.2, -0.15) is 0 Å². The second kappa shape index (κ2) is 5.82. The molecule has 1 fully saturated rings. The van der Waals surface area contributed by atoms with Crippen molar-refractivity contribution < 1.29 is 18.7 Å². The summed E-state index contributed by atoms with van der Waals surface area (Å²) in [6.07, 6.45) is -2.10. The van der Waals surface area contributed by atoms with Crippen molar-refractivity contribution in [1.29, 1.82) is 0 Å². The number of piperidine rings is 1. The standard InChI is InChI=1S/C14H16FNO3/c1-10-2-4-11(5-3-10)9-19-14(18)16-7-6-13(17)12(15)8-16/h2-5,12H,6-9H2,1H3. The average Bonchev–Trinajstić information content (AvgIpc) is 2.41. The van der Waals surface area contributed by atoms with Crippen LogP contribution in [0.15, 0.2) is 24.3 Å². The molecule has 5 heteroatoms. The number of carbonyl (C=O) groups excluding carboxylic acids is 2. The molecule has 0 saturated carbocycles. The molecule has 1 amide bonds. The molecule has 0 radical (unpaired) electrons. The van der Waals surface area contributed by atoms with Crippen LogP contribution < -0.4 is 0 Å². The highest BCUT2D eigenvalue weighted by Crippen LogP contribution is 2.12. The molecule has 1 atom stereocenters. The number of ether oxygens (including phenoxy) is 1. The Kier molecular flexibility index (Phi) is 4.14. The Morgan fingerprint density at radius 1 is 1.42 bits per heavy atom. The van der Waals surface area contributed by atoms with E-state index in [1.54, 1.807) is 0 Å². The van der Waals surface area contributed by atoms with E-state index in [2.05, 4.69) is 0 Å². The predicted octanol–water partition coefficient (Wildman–Crippen LogP) is 2.24. The van der Waals surface area contributed by atoms with Gasteiger partial charge in [0.05, 0.1) is 6.54 Å². The van der Waals surface area contributed by atoms with E-state index in [1.165, 1.54) is 4.90 Å². The number of ketones is 1. The number of Topliss-reactive ketones (excluding diaryl/α,β-unsaturated/α-hetero) is 1. The molecule has 1 aromatic rings. The quantitative estimate of drug-likeness (QED) is 0.824. The number of rotatable bonds is 2. The third kappa shape index (κ3) is 3.53. The van der Waals surface area contributed by atoms with Crippen LogP contribution in [0.3, 0.4) is 0 Å². The molecule has 1 heterocycles. The van der Waals surface area contributed by atoms with Gasteiger partial charge in [0.15, 0.2) is 12.0 Å². The Bertz CT molecular complexity index is 472. The Morgan fingerprint density at radius 2 is 2.11 bits per heavy atom. The molecule has 0 aromatic heterocycles. The Hall–Kier alpha value is -1.91. The van der Waals surface area contributed by atoms with Gasteiger partial charge in [-0.3, -0.25) is 4.79 Å². The first-order chi connectivity index (χ1) is 9.06. The number of halogens is 1.